The molecule has 0 radical (unpaired) electrons. The number of amides is 1. The average Bonchev–Trinajstić information content (AvgIpc) is 2.85. The van der Waals surface area contributed by atoms with Crippen LogP contribution in [0.3, 0.4) is 0 Å². The van der Waals surface area contributed by atoms with Crippen LogP contribution in [-0.4, -0.2) is 10.9 Å². The predicted octanol–water partition coefficient (Wildman–Crippen LogP) is 3.32. The average molecular weight is 275 g/mol. The van der Waals surface area contributed by atoms with Crippen molar-refractivity contribution in [2.45, 2.75) is 26.2 Å². The minimum atomic E-state index is -0.228. The first-order valence-electron chi connectivity index (χ1n) is 6.30. The van der Waals surface area contributed by atoms with Crippen LogP contribution in [0.5, 0.6) is 0 Å². The maximum Gasteiger partial charge on any atom is 0.275 e. The lowest BCUT2D eigenvalue weighted by Gasteiger charge is -2.05. The minimum absolute atomic E-state index is 0.228. The Hall–Kier alpha value is -1.88. The summed E-state index contributed by atoms with van der Waals surface area (Å²) in [7, 11) is 0. The lowest BCUT2D eigenvalue weighted by atomic mass is 10.1. The maximum atomic E-state index is 11.9. The van der Waals surface area contributed by atoms with E-state index in [9.17, 15) is 4.79 Å². The normalized spacial score (nSPS) is 10.4. The zero-order valence-electron chi connectivity index (χ0n) is 10.8. The summed E-state index contributed by atoms with van der Waals surface area (Å²) in [6, 6.07) is 7.92. The number of hydrogen-bond donors (Lipinski definition) is 2. The lowest BCUT2D eigenvalue weighted by Crippen LogP contribution is -2.12. The number of carbonyl (C=O) groups is 1. The van der Waals surface area contributed by atoms with Crippen LogP contribution in [0.2, 0.25) is 0 Å². The van der Waals surface area contributed by atoms with Gasteiger partial charge in [0.05, 0.1) is 0 Å². The predicted molar refractivity (Wildman–Crippen MR) is 79.5 cm³/mol. The van der Waals surface area contributed by atoms with E-state index in [1.807, 2.05) is 24.3 Å². The second-order valence-corrected chi connectivity index (χ2v) is 5.22. The van der Waals surface area contributed by atoms with Gasteiger partial charge in [-0.05, 0) is 30.5 Å². The third-order valence-corrected chi connectivity index (χ3v) is 3.46. The van der Waals surface area contributed by atoms with E-state index in [4.69, 9.17) is 5.73 Å². The quantitative estimate of drug-likeness (QED) is 0.879. The van der Waals surface area contributed by atoms with E-state index in [2.05, 4.69) is 17.2 Å². The molecule has 3 N–H and O–H groups in total. The van der Waals surface area contributed by atoms with Gasteiger partial charge in [-0.25, -0.2) is 4.98 Å². The van der Waals surface area contributed by atoms with Crippen molar-refractivity contribution < 1.29 is 4.79 Å². The van der Waals surface area contributed by atoms with Crippen LogP contribution < -0.4 is 11.1 Å². The van der Waals surface area contributed by atoms with Gasteiger partial charge in [-0.15, -0.1) is 11.3 Å². The Morgan fingerprint density at radius 3 is 2.68 bits per heavy atom. The molecular formula is C14H17N3OS. The molecule has 4 nitrogen and oxygen atoms in total. The Bertz CT molecular complexity index is 548. The van der Waals surface area contributed by atoms with Crippen molar-refractivity contribution >= 4 is 28.1 Å². The van der Waals surface area contributed by atoms with Crippen LogP contribution in [0.4, 0.5) is 10.8 Å². The van der Waals surface area contributed by atoms with Crippen LogP contribution in [0, 0.1) is 0 Å². The number of benzene rings is 1. The number of aromatic nitrogens is 1. The van der Waals surface area contributed by atoms with Crippen molar-refractivity contribution in [3.8, 4) is 0 Å². The summed E-state index contributed by atoms with van der Waals surface area (Å²) >= 11 is 1.26. The van der Waals surface area contributed by atoms with E-state index in [1.165, 1.54) is 29.7 Å². The number of thiazole rings is 1. The molecule has 1 heterocycles. The van der Waals surface area contributed by atoms with Gasteiger partial charge in [-0.3, -0.25) is 4.79 Å². The number of rotatable bonds is 5. The zero-order valence-corrected chi connectivity index (χ0v) is 11.7. The summed E-state index contributed by atoms with van der Waals surface area (Å²) in [4.78, 5) is 15.8. The number of nitrogens with zero attached hydrogens (tertiary/aromatic N) is 1. The molecule has 0 spiro atoms. The minimum Gasteiger partial charge on any atom is -0.375 e. The second kappa shape index (κ2) is 6.33. The summed E-state index contributed by atoms with van der Waals surface area (Å²) in [5.74, 6) is -0.228. The summed E-state index contributed by atoms with van der Waals surface area (Å²) in [6.45, 7) is 2.17. The first kappa shape index (κ1) is 13.5. The van der Waals surface area contributed by atoms with Crippen molar-refractivity contribution in [1.29, 1.82) is 0 Å². The highest BCUT2D eigenvalue weighted by molar-refractivity contribution is 7.13. The first-order valence-corrected chi connectivity index (χ1v) is 7.18. The molecule has 19 heavy (non-hydrogen) atoms. The molecule has 0 saturated heterocycles. The molecule has 1 aromatic heterocycles. The van der Waals surface area contributed by atoms with Gasteiger partial charge in [0, 0.05) is 11.1 Å². The number of nitrogen functional groups attached to an aromatic ring is 1. The molecule has 0 saturated carbocycles. The molecule has 0 aliphatic heterocycles. The molecule has 0 aliphatic carbocycles. The van der Waals surface area contributed by atoms with E-state index < -0.39 is 0 Å². The summed E-state index contributed by atoms with van der Waals surface area (Å²) < 4.78 is 0. The van der Waals surface area contributed by atoms with Crippen molar-refractivity contribution in [3.05, 3.63) is 40.9 Å². The summed E-state index contributed by atoms with van der Waals surface area (Å²) in [6.07, 6.45) is 3.45. The number of carbonyl (C=O) groups excluding carboxylic acids is 1. The molecule has 5 heteroatoms. The summed E-state index contributed by atoms with van der Waals surface area (Å²) in [5.41, 5.74) is 7.93. The molecule has 2 rings (SSSR count). The van der Waals surface area contributed by atoms with E-state index in [-0.39, 0.29) is 5.91 Å². The number of unbranched alkanes of at least 4 members (excludes halogenated alkanes) is 1. The molecule has 1 aromatic carbocycles. The van der Waals surface area contributed by atoms with Crippen LogP contribution in [0.1, 0.15) is 35.8 Å². The van der Waals surface area contributed by atoms with E-state index in [1.54, 1.807) is 5.38 Å². The van der Waals surface area contributed by atoms with Gasteiger partial charge in [0.25, 0.3) is 5.91 Å². The fourth-order valence-electron chi connectivity index (χ4n) is 1.72. The molecule has 0 fully saturated rings. The molecule has 0 aliphatic rings. The highest BCUT2D eigenvalue weighted by Crippen LogP contribution is 2.15. The molecule has 0 unspecified atom stereocenters. The fraction of sp³-hybridized carbons (Fsp3) is 0.286. The van der Waals surface area contributed by atoms with Crippen molar-refractivity contribution in [3.63, 3.8) is 0 Å². The number of aryl methyl sites for hydroxylation is 1. The molecule has 2 aromatic rings. The topological polar surface area (TPSA) is 68.0 Å². The van der Waals surface area contributed by atoms with Crippen molar-refractivity contribution in [2.75, 3.05) is 11.1 Å². The molecule has 0 bridgehead atoms. The van der Waals surface area contributed by atoms with Gasteiger partial charge in [0.2, 0.25) is 0 Å². The number of hydrogen-bond acceptors (Lipinski definition) is 4. The SMILES string of the molecule is CCCCc1ccc(NC(=O)c2csc(N)n2)cc1. The van der Waals surface area contributed by atoms with Gasteiger partial charge in [-0.1, -0.05) is 25.5 Å². The van der Waals surface area contributed by atoms with Gasteiger partial charge < -0.3 is 11.1 Å². The first-order chi connectivity index (χ1) is 9.19. The Balaban J connectivity index is 1.97. The van der Waals surface area contributed by atoms with E-state index in [0.29, 0.717) is 10.8 Å². The lowest BCUT2D eigenvalue weighted by molar-refractivity contribution is 0.102. The monoisotopic (exact) mass is 275 g/mol. The van der Waals surface area contributed by atoms with Gasteiger partial charge in [0.1, 0.15) is 5.69 Å². The van der Waals surface area contributed by atoms with Gasteiger partial charge >= 0.3 is 0 Å². The molecule has 100 valence electrons. The van der Waals surface area contributed by atoms with Gasteiger partial charge in [-0.2, -0.15) is 0 Å². The highest BCUT2D eigenvalue weighted by atomic mass is 32.1. The number of nitrogens with two attached hydrogens (primary N) is 1. The maximum absolute atomic E-state index is 11.9. The summed E-state index contributed by atoms with van der Waals surface area (Å²) in [5, 5.41) is 4.86. The Kier molecular flexibility index (Phi) is 4.52. The second-order valence-electron chi connectivity index (χ2n) is 4.33. The molecule has 1 amide bonds. The molecular weight excluding hydrogens is 258 g/mol. The third-order valence-electron chi connectivity index (χ3n) is 2.79. The van der Waals surface area contributed by atoms with E-state index >= 15 is 0 Å². The van der Waals surface area contributed by atoms with Gasteiger partial charge in [0.15, 0.2) is 5.13 Å². The van der Waals surface area contributed by atoms with Crippen molar-refractivity contribution in [2.24, 2.45) is 0 Å². The number of nitrogens with one attached hydrogen (secondary N) is 1. The molecule has 0 atom stereocenters. The van der Waals surface area contributed by atoms with Crippen molar-refractivity contribution in [1.82, 2.24) is 4.98 Å². The number of anilines is 2. The Labute approximate surface area is 116 Å². The Morgan fingerprint density at radius 2 is 2.11 bits per heavy atom. The highest BCUT2D eigenvalue weighted by Gasteiger charge is 2.09. The Morgan fingerprint density at radius 1 is 1.37 bits per heavy atom. The third kappa shape index (κ3) is 3.79. The van der Waals surface area contributed by atoms with Crippen LogP contribution in [0.25, 0.3) is 0 Å². The van der Waals surface area contributed by atoms with Crippen LogP contribution in [0.15, 0.2) is 29.6 Å². The standard InChI is InChI=1S/C14H17N3OS/c1-2-3-4-10-5-7-11(8-6-10)16-13(18)12-9-19-14(15)17-12/h5-9H,2-4H2,1H3,(H2,15,17)(H,16,18). The van der Waals surface area contributed by atoms with Crippen LogP contribution >= 0.6 is 11.3 Å². The zero-order chi connectivity index (χ0) is 13.7. The fourth-order valence-corrected chi connectivity index (χ4v) is 2.27. The van der Waals surface area contributed by atoms with Crippen LogP contribution in [-0.2, 0) is 6.42 Å². The largest absolute Gasteiger partial charge is 0.375 e. The smallest absolute Gasteiger partial charge is 0.275 e. The van der Waals surface area contributed by atoms with E-state index in [0.717, 1.165) is 12.1 Å².